The Hall–Kier alpha value is -2.40. The Labute approximate surface area is 138 Å². The van der Waals surface area contributed by atoms with E-state index in [-0.39, 0.29) is 17.0 Å². The second-order valence-corrected chi connectivity index (χ2v) is 5.27. The minimum atomic E-state index is -1.01. The van der Waals surface area contributed by atoms with Crippen molar-refractivity contribution in [3.63, 3.8) is 0 Å². The number of benzene rings is 2. The maximum Gasteiger partial charge on any atom is 0.311 e. The molecule has 2 rings (SSSR count). The molecule has 4 nitrogen and oxygen atoms in total. The lowest BCUT2D eigenvalue weighted by atomic mass is 10.1. The highest BCUT2D eigenvalue weighted by Crippen LogP contribution is 2.20. The van der Waals surface area contributed by atoms with Crippen molar-refractivity contribution in [3.8, 4) is 0 Å². The molecule has 0 aliphatic heterocycles. The number of amides is 1. The standard InChI is InChI=1S/C17H15ClFNO3/c1-11(17(22)20-12-6-3-2-4-7-12)23-16(21)10-13-14(18)8-5-9-15(13)19/h2-9,11H,10H2,1H3,(H,20,22)/t11-/m1/s1. The lowest BCUT2D eigenvalue weighted by Gasteiger charge is -2.14. The fraction of sp³-hybridized carbons (Fsp3) is 0.176. The van der Waals surface area contributed by atoms with Crippen LogP contribution in [0.1, 0.15) is 12.5 Å². The maximum atomic E-state index is 13.6. The zero-order valence-electron chi connectivity index (χ0n) is 12.4. The fourth-order valence-electron chi connectivity index (χ4n) is 1.90. The number of rotatable bonds is 5. The van der Waals surface area contributed by atoms with Crippen LogP contribution >= 0.6 is 11.6 Å². The van der Waals surface area contributed by atoms with E-state index in [1.54, 1.807) is 24.3 Å². The van der Waals surface area contributed by atoms with Crippen molar-refractivity contribution in [2.24, 2.45) is 0 Å². The Kier molecular flexibility index (Phi) is 5.71. The minimum absolute atomic E-state index is 0.0508. The quantitative estimate of drug-likeness (QED) is 0.849. The van der Waals surface area contributed by atoms with E-state index in [0.717, 1.165) is 0 Å². The van der Waals surface area contributed by atoms with Gasteiger partial charge in [-0.05, 0) is 31.2 Å². The average Bonchev–Trinajstić information content (AvgIpc) is 2.52. The molecule has 0 radical (unpaired) electrons. The van der Waals surface area contributed by atoms with Gasteiger partial charge in [0.05, 0.1) is 6.42 Å². The molecular weight excluding hydrogens is 321 g/mol. The third-order valence-electron chi connectivity index (χ3n) is 3.10. The summed E-state index contributed by atoms with van der Waals surface area (Å²) in [5.74, 6) is -1.78. The lowest BCUT2D eigenvalue weighted by Crippen LogP contribution is -2.30. The Balaban J connectivity index is 1.93. The number of esters is 1. The van der Waals surface area contributed by atoms with Crippen LogP contribution in [0.4, 0.5) is 10.1 Å². The largest absolute Gasteiger partial charge is 0.452 e. The third-order valence-corrected chi connectivity index (χ3v) is 3.46. The molecule has 0 saturated carbocycles. The van der Waals surface area contributed by atoms with Crippen molar-refractivity contribution in [2.45, 2.75) is 19.4 Å². The molecule has 0 spiro atoms. The van der Waals surface area contributed by atoms with Gasteiger partial charge in [0.1, 0.15) is 5.82 Å². The first-order valence-electron chi connectivity index (χ1n) is 6.95. The van der Waals surface area contributed by atoms with Gasteiger partial charge in [0, 0.05) is 16.3 Å². The van der Waals surface area contributed by atoms with Gasteiger partial charge >= 0.3 is 5.97 Å². The molecule has 6 heteroatoms. The molecule has 0 aliphatic carbocycles. The zero-order valence-corrected chi connectivity index (χ0v) is 13.1. The Morgan fingerprint density at radius 3 is 2.52 bits per heavy atom. The van der Waals surface area contributed by atoms with Gasteiger partial charge in [-0.3, -0.25) is 9.59 Å². The van der Waals surface area contributed by atoms with Gasteiger partial charge in [-0.25, -0.2) is 4.39 Å². The summed E-state index contributed by atoms with van der Waals surface area (Å²) in [6, 6.07) is 12.9. The van der Waals surface area contributed by atoms with Gasteiger partial charge in [0.15, 0.2) is 6.10 Å². The Bertz CT molecular complexity index is 686. The number of anilines is 1. The summed E-state index contributed by atoms with van der Waals surface area (Å²) >= 11 is 5.85. The highest BCUT2D eigenvalue weighted by molar-refractivity contribution is 6.31. The van der Waals surface area contributed by atoms with E-state index in [2.05, 4.69) is 5.32 Å². The van der Waals surface area contributed by atoms with Crippen LogP contribution in [-0.4, -0.2) is 18.0 Å². The van der Waals surface area contributed by atoms with Gasteiger partial charge in [-0.2, -0.15) is 0 Å². The molecule has 1 amide bonds. The van der Waals surface area contributed by atoms with Crippen LogP contribution in [0, 0.1) is 5.82 Å². The van der Waals surface area contributed by atoms with Gasteiger partial charge in [-0.15, -0.1) is 0 Å². The molecular formula is C17H15ClFNO3. The first-order chi connectivity index (χ1) is 11.0. The van der Waals surface area contributed by atoms with Crippen molar-refractivity contribution < 1.29 is 18.7 Å². The van der Waals surface area contributed by atoms with E-state index in [4.69, 9.17) is 16.3 Å². The van der Waals surface area contributed by atoms with Gasteiger partial charge < -0.3 is 10.1 Å². The van der Waals surface area contributed by atoms with Gasteiger partial charge in [-0.1, -0.05) is 35.9 Å². The topological polar surface area (TPSA) is 55.4 Å². The van der Waals surface area contributed by atoms with Crippen LogP contribution < -0.4 is 5.32 Å². The van der Waals surface area contributed by atoms with Crippen LogP contribution in [0.3, 0.4) is 0 Å². The summed E-state index contributed by atoms with van der Waals surface area (Å²) in [4.78, 5) is 23.8. The summed E-state index contributed by atoms with van der Waals surface area (Å²) in [6.45, 7) is 1.44. The van der Waals surface area contributed by atoms with Crippen LogP contribution in [0.2, 0.25) is 5.02 Å². The average molecular weight is 336 g/mol. The van der Waals surface area contributed by atoms with E-state index >= 15 is 0 Å². The number of carbonyl (C=O) groups is 2. The minimum Gasteiger partial charge on any atom is -0.452 e. The van der Waals surface area contributed by atoms with Crippen molar-refractivity contribution in [1.29, 1.82) is 0 Å². The summed E-state index contributed by atoms with van der Waals surface area (Å²) < 4.78 is 18.6. The molecule has 0 heterocycles. The number of carbonyl (C=O) groups excluding carboxylic acids is 2. The summed E-state index contributed by atoms with van der Waals surface area (Å²) in [7, 11) is 0. The van der Waals surface area contributed by atoms with Crippen molar-refractivity contribution in [3.05, 3.63) is 64.9 Å². The summed E-state index contributed by atoms with van der Waals surface area (Å²) in [6.07, 6.45) is -1.35. The number of para-hydroxylation sites is 1. The fourth-order valence-corrected chi connectivity index (χ4v) is 2.13. The molecule has 1 atom stereocenters. The molecule has 0 aliphatic rings. The van der Waals surface area contributed by atoms with Crippen LogP contribution in [-0.2, 0) is 20.7 Å². The van der Waals surface area contributed by atoms with E-state index in [1.165, 1.54) is 25.1 Å². The maximum absolute atomic E-state index is 13.6. The van der Waals surface area contributed by atoms with Crippen molar-refractivity contribution in [2.75, 3.05) is 5.32 Å². The molecule has 0 saturated heterocycles. The Morgan fingerprint density at radius 2 is 1.87 bits per heavy atom. The first kappa shape index (κ1) is 17.0. The normalized spacial score (nSPS) is 11.6. The van der Waals surface area contributed by atoms with E-state index in [1.807, 2.05) is 6.07 Å². The second kappa shape index (κ2) is 7.74. The molecule has 0 unspecified atom stereocenters. The smallest absolute Gasteiger partial charge is 0.311 e. The van der Waals surface area contributed by atoms with Crippen molar-refractivity contribution in [1.82, 2.24) is 0 Å². The highest BCUT2D eigenvalue weighted by atomic mass is 35.5. The number of hydrogen-bond acceptors (Lipinski definition) is 3. The molecule has 1 N–H and O–H groups in total. The monoisotopic (exact) mass is 335 g/mol. The number of ether oxygens (including phenoxy) is 1. The van der Waals surface area contributed by atoms with Crippen molar-refractivity contribution >= 4 is 29.2 Å². The molecule has 0 aromatic heterocycles. The molecule has 120 valence electrons. The summed E-state index contributed by atoms with van der Waals surface area (Å²) in [5, 5.41) is 2.76. The van der Waals surface area contributed by atoms with Gasteiger partial charge in [0.2, 0.25) is 0 Å². The van der Waals surface area contributed by atoms with Gasteiger partial charge in [0.25, 0.3) is 5.91 Å². The van der Waals surface area contributed by atoms with Crippen LogP contribution in [0.15, 0.2) is 48.5 Å². The molecule has 2 aromatic carbocycles. The SMILES string of the molecule is C[C@@H](OC(=O)Cc1c(F)cccc1Cl)C(=O)Nc1ccccc1. The number of halogens is 2. The molecule has 0 fully saturated rings. The molecule has 23 heavy (non-hydrogen) atoms. The van der Waals surface area contributed by atoms with E-state index < -0.39 is 23.8 Å². The second-order valence-electron chi connectivity index (χ2n) is 4.86. The zero-order chi connectivity index (χ0) is 16.8. The molecule has 2 aromatic rings. The van der Waals surface area contributed by atoms with Crippen LogP contribution in [0.25, 0.3) is 0 Å². The predicted molar refractivity (Wildman–Crippen MR) is 85.7 cm³/mol. The van der Waals surface area contributed by atoms with Crippen LogP contribution in [0.5, 0.6) is 0 Å². The van der Waals surface area contributed by atoms with E-state index in [9.17, 15) is 14.0 Å². The number of hydrogen-bond donors (Lipinski definition) is 1. The lowest BCUT2D eigenvalue weighted by molar-refractivity contribution is -0.152. The summed E-state index contributed by atoms with van der Waals surface area (Å²) in [5.41, 5.74) is 0.646. The Morgan fingerprint density at radius 1 is 1.17 bits per heavy atom. The molecule has 0 bridgehead atoms. The predicted octanol–water partition coefficient (Wildman–Crippen LogP) is 3.59. The third kappa shape index (κ3) is 4.79. The number of nitrogens with one attached hydrogen (secondary N) is 1. The first-order valence-corrected chi connectivity index (χ1v) is 7.33. The van der Waals surface area contributed by atoms with E-state index in [0.29, 0.717) is 5.69 Å². The highest BCUT2D eigenvalue weighted by Gasteiger charge is 2.20.